The smallest absolute Gasteiger partial charge is 0.160 e. The molecule has 1 atom stereocenters. The number of halogens is 2. The highest BCUT2D eigenvalue weighted by atomic mass is 19.2. The van der Waals surface area contributed by atoms with Crippen LogP contribution in [-0.2, 0) is 0 Å². The Labute approximate surface area is 81.1 Å². The molecular formula is C10H12F2N2. The Bertz CT molecular complexity index is 346. The number of rotatable bonds is 1. The van der Waals surface area contributed by atoms with E-state index in [0.717, 1.165) is 25.5 Å². The molecule has 3 N–H and O–H groups in total. The molecule has 0 amide bonds. The van der Waals surface area contributed by atoms with Gasteiger partial charge in [-0.15, -0.1) is 0 Å². The average molecular weight is 198 g/mol. The van der Waals surface area contributed by atoms with E-state index < -0.39 is 11.6 Å². The van der Waals surface area contributed by atoms with Crippen molar-refractivity contribution in [2.24, 2.45) is 0 Å². The topological polar surface area (TPSA) is 38.0 Å². The van der Waals surface area contributed by atoms with Gasteiger partial charge in [0.25, 0.3) is 0 Å². The lowest BCUT2D eigenvalue weighted by molar-refractivity contribution is 0.504. The van der Waals surface area contributed by atoms with Crippen LogP contribution in [-0.4, -0.2) is 6.54 Å². The monoisotopic (exact) mass is 198 g/mol. The quantitative estimate of drug-likeness (QED) is 0.677. The van der Waals surface area contributed by atoms with E-state index in [0.29, 0.717) is 11.3 Å². The van der Waals surface area contributed by atoms with Gasteiger partial charge in [0.05, 0.1) is 0 Å². The number of nitrogens with one attached hydrogen (secondary N) is 1. The number of nitrogen functional groups attached to an aromatic ring is 1. The van der Waals surface area contributed by atoms with E-state index in [-0.39, 0.29) is 6.04 Å². The van der Waals surface area contributed by atoms with Crippen LogP contribution < -0.4 is 11.1 Å². The second-order valence-electron chi connectivity index (χ2n) is 3.54. The molecule has 1 aliphatic heterocycles. The van der Waals surface area contributed by atoms with Crippen molar-refractivity contribution >= 4 is 5.69 Å². The Hall–Kier alpha value is -1.16. The molecule has 1 fully saturated rings. The standard InChI is InChI=1S/C10H12F2N2/c11-7-4-6(9(13)5-8(7)12)10-2-1-3-14-10/h4-5,10,14H,1-3,13H2/t10-/m0/s1. The fraction of sp³-hybridized carbons (Fsp3) is 0.400. The van der Waals surface area contributed by atoms with E-state index >= 15 is 0 Å². The molecule has 0 saturated carbocycles. The van der Waals surface area contributed by atoms with Crippen molar-refractivity contribution in [2.45, 2.75) is 18.9 Å². The molecule has 0 radical (unpaired) electrons. The predicted octanol–water partition coefficient (Wildman–Crippen LogP) is 1.97. The largest absolute Gasteiger partial charge is 0.398 e. The van der Waals surface area contributed by atoms with Crippen LogP contribution in [0.1, 0.15) is 24.4 Å². The normalized spacial score (nSPS) is 21.4. The third-order valence-corrected chi connectivity index (χ3v) is 2.56. The lowest BCUT2D eigenvalue weighted by atomic mass is 10.0. The van der Waals surface area contributed by atoms with Crippen molar-refractivity contribution in [3.8, 4) is 0 Å². The molecule has 2 nitrogen and oxygen atoms in total. The molecule has 0 spiro atoms. The first-order chi connectivity index (χ1) is 6.68. The van der Waals surface area contributed by atoms with Crippen LogP contribution >= 0.6 is 0 Å². The van der Waals surface area contributed by atoms with Crippen molar-refractivity contribution in [3.63, 3.8) is 0 Å². The van der Waals surface area contributed by atoms with Gasteiger partial charge in [-0.1, -0.05) is 0 Å². The van der Waals surface area contributed by atoms with Crippen LogP contribution in [0.5, 0.6) is 0 Å². The minimum Gasteiger partial charge on any atom is -0.398 e. The number of nitrogens with two attached hydrogens (primary N) is 1. The van der Waals surface area contributed by atoms with Gasteiger partial charge in [0.1, 0.15) is 0 Å². The SMILES string of the molecule is Nc1cc(F)c(F)cc1[C@@H]1CCCN1. The summed E-state index contributed by atoms with van der Waals surface area (Å²) in [4.78, 5) is 0. The summed E-state index contributed by atoms with van der Waals surface area (Å²) >= 11 is 0. The summed E-state index contributed by atoms with van der Waals surface area (Å²) in [6, 6.07) is 2.31. The Kier molecular flexibility index (Phi) is 2.37. The fourth-order valence-electron chi connectivity index (χ4n) is 1.83. The zero-order valence-electron chi connectivity index (χ0n) is 7.69. The molecule has 1 aliphatic rings. The third kappa shape index (κ3) is 1.57. The van der Waals surface area contributed by atoms with E-state index in [4.69, 9.17) is 5.73 Å². The Balaban J connectivity index is 2.37. The summed E-state index contributed by atoms with van der Waals surface area (Å²) in [5.74, 6) is -1.72. The Morgan fingerprint density at radius 3 is 2.64 bits per heavy atom. The molecule has 14 heavy (non-hydrogen) atoms. The van der Waals surface area contributed by atoms with E-state index in [1.807, 2.05) is 0 Å². The van der Waals surface area contributed by atoms with Crippen LogP contribution in [0.4, 0.5) is 14.5 Å². The van der Waals surface area contributed by atoms with Gasteiger partial charge in [-0.2, -0.15) is 0 Å². The van der Waals surface area contributed by atoms with Gasteiger partial charge in [0.15, 0.2) is 11.6 Å². The summed E-state index contributed by atoms with van der Waals surface area (Å²) < 4.78 is 25.7. The van der Waals surface area contributed by atoms with E-state index in [2.05, 4.69) is 5.32 Å². The van der Waals surface area contributed by atoms with E-state index in [1.54, 1.807) is 0 Å². The highest BCUT2D eigenvalue weighted by Gasteiger charge is 2.20. The maximum atomic E-state index is 13.0. The van der Waals surface area contributed by atoms with Gasteiger partial charge in [0, 0.05) is 17.8 Å². The summed E-state index contributed by atoms with van der Waals surface area (Å²) in [5, 5.41) is 3.19. The van der Waals surface area contributed by atoms with Crippen molar-refractivity contribution in [3.05, 3.63) is 29.3 Å². The molecule has 1 heterocycles. The lowest BCUT2D eigenvalue weighted by Crippen LogP contribution is -2.15. The molecular weight excluding hydrogens is 186 g/mol. The minimum absolute atomic E-state index is 0.0742. The van der Waals surface area contributed by atoms with Gasteiger partial charge in [-0.3, -0.25) is 0 Å². The summed E-state index contributed by atoms with van der Waals surface area (Å²) in [6.07, 6.45) is 1.97. The molecule has 0 bridgehead atoms. The molecule has 1 aromatic rings. The fourth-order valence-corrected chi connectivity index (χ4v) is 1.83. The van der Waals surface area contributed by atoms with Gasteiger partial charge >= 0.3 is 0 Å². The summed E-state index contributed by atoms with van der Waals surface area (Å²) in [6.45, 7) is 0.906. The second-order valence-corrected chi connectivity index (χ2v) is 3.54. The van der Waals surface area contributed by atoms with Crippen LogP contribution in [0.15, 0.2) is 12.1 Å². The Morgan fingerprint density at radius 1 is 1.29 bits per heavy atom. The van der Waals surface area contributed by atoms with E-state index in [9.17, 15) is 8.78 Å². The molecule has 76 valence electrons. The maximum Gasteiger partial charge on any atom is 0.160 e. The molecule has 1 saturated heterocycles. The predicted molar refractivity (Wildman–Crippen MR) is 50.7 cm³/mol. The van der Waals surface area contributed by atoms with Crippen molar-refractivity contribution in [1.29, 1.82) is 0 Å². The van der Waals surface area contributed by atoms with Crippen molar-refractivity contribution < 1.29 is 8.78 Å². The zero-order chi connectivity index (χ0) is 10.1. The highest BCUT2D eigenvalue weighted by Crippen LogP contribution is 2.29. The third-order valence-electron chi connectivity index (χ3n) is 2.56. The summed E-state index contributed by atoms with van der Waals surface area (Å²) in [5.41, 5.74) is 6.61. The van der Waals surface area contributed by atoms with Gasteiger partial charge < -0.3 is 11.1 Å². The molecule has 4 heteroatoms. The van der Waals surface area contributed by atoms with Crippen LogP contribution in [0.3, 0.4) is 0 Å². The number of benzene rings is 1. The molecule has 0 unspecified atom stereocenters. The van der Waals surface area contributed by atoms with Gasteiger partial charge in [-0.25, -0.2) is 8.78 Å². The van der Waals surface area contributed by atoms with Gasteiger partial charge in [0.2, 0.25) is 0 Å². The molecule has 0 aliphatic carbocycles. The first-order valence-corrected chi connectivity index (χ1v) is 4.66. The zero-order valence-corrected chi connectivity index (χ0v) is 7.69. The van der Waals surface area contributed by atoms with Crippen LogP contribution in [0.2, 0.25) is 0 Å². The molecule has 2 rings (SSSR count). The highest BCUT2D eigenvalue weighted by molar-refractivity contribution is 5.49. The van der Waals surface area contributed by atoms with Crippen LogP contribution in [0, 0.1) is 11.6 Å². The maximum absolute atomic E-state index is 13.0. The van der Waals surface area contributed by atoms with Crippen molar-refractivity contribution in [1.82, 2.24) is 5.32 Å². The first-order valence-electron chi connectivity index (χ1n) is 4.66. The summed E-state index contributed by atoms with van der Waals surface area (Å²) in [7, 11) is 0. The lowest BCUT2D eigenvalue weighted by Gasteiger charge is -2.13. The van der Waals surface area contributed by atoms with Crippen molar-refractivity contribution in [2.75, 3.05) is 12.3 Å². The molecule has 0 aromatic heterocycles. The number of anilines is 1. The number of hydrogen-bond acceptors (Lipinski definition) is 2. The van der Waals surface area contributed by atoms with Crippen LogP contribution in [0.25, 0.3) is 0 Å². The minimum atomic E-state index is -0.885. The number of hydrogen-bond donors (Lipinski definition) is 2. The van der Waals surface area contributed by atoms with E-state index in [1.165, 1.54) is 6.07 Å². The first kappa shape index (κ1) is 9.40. The van der Waals surface area contributed by atoms with Gasteiger partial charge in [-0.05, 0) is 31.0 Å². The average Bonchev–Trinajstić information content (AvgIpc) is 2.64. The Morgan fingerprint density at radius 2 is 2.00 bits per heavy atom. The second kappa shape index (κ2) is 3.53. The molecule has 1 aromatic carbocycles.